The molecule has 1 heterocycles. The van der Waals surface area contributed by atoms with Crippen LogP contribution in [0.2, 0.25) is 0 Å². The number of rotatable bonds is 6. The van der Waals surface area contributed by atoms with Gasteiger partial charge < -0.3 is 14.7 Å². The SMILES string of the molecule is Cc1ccc(OCC(O)CNN2CCN(C)CC2)c(Br)c1. The number of hydrogen-bond acceptors (Lipinski definition) is 5. The van der Waals surface area contributed by atoms with Gasteiger partial charge in [0.1, 0.15) is 18.5 Å². The number of aliphatic hydroxyl groups excluding tert-OH is 1. The van der Waals surface area contributed by atoms with Crippen molar-refractivity contribution in [3.63, 3.8) is 0 Å². The van der Waals surface area contributed by atoms with E-state index >= 15 is 0 Å². The molecule has 1 saturated heterocycles. The third-order valence-electron chi connectivity index (χ3n) is 3.57. The van der Waals surface area contributed by atoms with Crippen LogP contribution in [-0.4, -0.2) is 67.5 Å². The zero-order valence-electron chi connectivity index (χ0n) is 12.7. The van der Waals surface area contributed by atoms with Crippen molar-refractivity contribution in [2.24, 2.45) is 0 Å². The number of likely N-dealkylation sites (N-methyl/N-ethyl adjacent to an activating group) is 1. The summed E-state index contributed by atoms with van der Waals surface area (Å²) < 4.78 is 6.57. The zero-order chi connectivity index (χ0) is 15.2. The summed E-state index contributed by atoms with van der Waals surface area (Å²) in [6.45, 7) is 6.88. The van der Waals surface area contributed by atoms with Gasteiger partial charge in [0.25, 0.3) is 0 Å². The Bertz CT molecular complexity index is 451. The first-order valence-corrected chi connectivity index (χ1v) is 8.08. The van der Waals surface area contributed by atoms with Gasteiger partial charge in [-0.1, -0.05) is 6.07 Å². The van der Waals surface area contributed by atoms with Crippen LogP contribution >= 0.6 is 15.9 Å². The molecular weight excluding hydrogens is 334 g/mol. The topological polar surface area (TPSA) is 48.0 Å². The Labute approximate surface area is 135 Å². The molecule has 5 nitrogen and oxygen atoms in total. The fraction of sp³-hybridized carbons (Fsp3) is 0.600. The van der Waals surface area contributed by atoms with Crippen LogP contribution in [0.3, 0.4) is 0 Å². The number of hydrazine groups is 1. The van der Waals surface area contributed by atoms with E-state index in [-0.39, 0.29) is 6.61 Å². The quantitative estimate of drug-likeness (QED) is 0.802. The molecule has 118 valence electrons. The Hall–Kier alpha value is -0.660. The molecule has 1 aromatic carbocycles. The van der Waals surface area contributed by atoms with E-state index in [0.717, 1.165) is 36.4 Å². The van der Waals surface area contributed by atoms with Crippen molar-refractivity contribution in [3.8, 4) is 5.75 Å². The Morgan fingerprint density at radius 2 is 2.05 bits per heavy atom. The number of aliphatic hydroxyl groups is 1. The van der Waals surface area contributed by atoms with E-state index in [1.54, 1.807) is 0 Å². The van der Waals surface area contributed by atoms with E-state index in [2.05, 4.69) is 38.3 Å². The number of aryl methyl sites for hydroxylation is 1. The lowest BCUT2D eigenvalue weighted by molar-refractivity contribution is 0.0547. The number of nitrogens with one attached hydrogen (secondary N) is 1. The van der Waals surface area contributed by atoms with Gasteiger partial charge in [-0.25, -0.2) is 5.01 Å². The highest BCUT2D eigenvalue weighted by Gasteiger charge is 2.15. The van der Waals surface area contributed by atoms with Crippen molar-refractivity contribution < 1.29 is 9.84 Å². The van der Waals surface area contributed by atoms with E-state index in [1.165, 1.54) is 5.56 Å². The molecule has 1 aliphatic heterocycles. The molecule has 1 atom stereocenters. The highest BCUT2D eigenvalue weighted by molar-refractivity contribution is 9.10. The Kier molecular flexibility index (Phi) is 6.44. The largest absolute Gasteiger partial charge is 0.490 e. The molecule has 1 aliphatic rings. The van der Waals surface area contributed by atoms with E-state index in [9.17, 15) is 5.11 Å². The summed E-state index contributed by atoms with van der Waals surface area (Å²) in [4.78, 5) is 2.30. The summed E-state index contributed by atoms with van der Waals surface area (Å²) >= 11 is 3.47. The summed E-state index contributed by atoms with van der Waals surface area (Å²) in [6, 6.07) is 5.92. The molecule has 0 aliphatic carbocycles. The number of benzene rings is 1. The van der Waals surface area contributed by atoms with Gasteiger partial charge in [0.15, 0.2) is 0 Å². The van der Waals surface area contributed by atoms with Gasteiger partial charge in [-0.15, -0.1) is 0 Å². The maximum atomic E-state index is 10.00. The number of halogens is 1. The van der Waals surface area contributed by atoms with Crippen LogP contribution < -0.4 is 10.2 Å². The van der Waals surface area contributed by atoms with Crippen molar-refractivity contribution in [1.29, 1.82) is 0 Å². The van der Waals surface area contributed by atoms with Crippen LogP contribution in [0.25, 0.3) is 0 Å². The van der Waals surface area contributed by atoms with Crippen molar-refractivity contribution in [3.05, 3.63) is 28.2 Å². The lowest BCUT2D eigenvalue weighted by Crippen LogP contribution is -2.52. The predicted octanol–water partition coefficient (Wildman–Crippen LogP) is 1.25. The lowest BCUT2D eigenvalue weighted by Gasteiger charge is -2.33. The number of ether oxygens (including phenoxy) is 1. The van der Waals surface area contributed by atoms with Crippen LogP contribution in [-0.2, 0) is 0 Å². The minimum atomic E-state index is -0.530. The molecular formula is C15H24BrN3O2. The second kappa shape index (κ2) is 8.10. The number of nitrogens with zero attached hydrogens (tertiary/aromatic N) is 2. The fourth-order valence-corrected chi connectivity index (χ4v) is 2.77. The molecule has 1 fully saturated rings. The van der Waals surface area contributed by atoms with E-state index < -0.39 is 6.10 Å². The Morgan fingerprint density at radius 3 is 2.71 bits per heavy atom. The third kappa shape index (κ3) is 5.56. The Balaban J connectivity index is 1.68. The van der Waals surface area contributed by atoms with Gasteiger partial charge in [0.05, 0.1) is 4.47 Å². The number of piperazine rings is 1. The molecule has 1 unspecified atom stereocenters. The van der Waals surface area contributed by atoms with Gasteiger partial charge in [0, 0.05) is 32.7 Å². The van der Waals surface area contributed by atoms with Crippen molar-refractivity contribution in [2.75, 3.05) is 46.4 Å². The first-order chi connectivity index (χ1) is 10.0. The van der Waals surface area contributed by atoms with E-state index in [1.807, 2.05) is 25.1 Å². The predicted molar refractivity (Wildman–Crippen MR) is 87.5 cm³/mol. The summed E-state index contributed by atoms with van der Waals surface area (Å²) in [7, 11) is 2.12. The van der Waals surface area contributed by atoms with Crippen LogP contribution in [0.4, 0.5) is 0 Å². The minimum absolute atomic E-state index is 0.280. The van der Waals surface area contributed by atoms with Crippen molar-refractivity contribution >= 4 is 15.9 Å². The molecule has 21 heavy (non-hydrogen) atoms. The average molecular weight is 358 g/mol. The van der Waals surface area contributed by atoms with E-state index in [0.29, 0.717) is 6.54 Å². The monoisotopic (exact) mass is 357 g/mol. The molecule has 0 saturated carbocycles. The van der Waals surface area contributed by atoms with Gasteiger partial charge >= 0.3 is 0 Å². The second-order valence-electron chi connectivity index (χ2n) is 5.55. The highest BCUT2D eigenvalue weighted by Crippen LogP contribution is 2.25. The van der Waals surface area contributed by atoms with Gasteiger partial charge in [0.2, 0.25) is 0 Å². The molecule has 0 radical (unpaired) electrons. The Morgan fingerprint density at radius 1 is 1.33 bits per heavy atom. The van der Waals surface area contributed by atoms with Gasteiger partial charge in [-0.2, -0.15) is 0 Å². The summed E-state index contributed by atoms with van der Waals surface area (Å²) in [5.74, 6) is 0.763. The standard InChI is InChI=1S/C15H24BrN3O2/c1-12-3-4-15(14(16)9-12)21-11-13(20)10-17-19-7-5-18(2)6-8-19/h3-4,9,13,17,20H,5-8,10-11H2,1-2H3. The van der Waals surface area contributed by atoms with Crippen molar-refractivity contribution in [1.82, 2.24) is 15.3 Å². The zero-order valence-corrected chi connectivity index (χ0v) is 14.3. The van der Waals surface area contributed by atoms with Crippen LogP contribution in [0.5, 0.6) is 5.75 Å². The smallest absolute Gasteiger partial charge is 0.133 e. The average Bonchev–Trinajstić information content (AvgIpc) is 2.46. The van der Waals surface area contributed by atoms with Gasteiger partial charge in [-0.05, 0) is 47.6 Å². The highest BCUT2D eigenvalue weighted by atomic mass is 79.9. The van der Waals surface area contributed by atoms with Crippen LogP contribution in [0.15, 0.2) is 22.7 Å². The van der Waals surface area contributed by atoms with Crippen LogP contribution in [0.1, 0.15) is 5.56 Å². The van der Waals surface area contributed by atoms with Crippen molar-refractivity contribution in [2.45, 2.75) is 13.0 Å². The first kappa shape index (κ1) is 16.7. The normalized spacial score (nSPS) is 18.7. The second-order valence-corrected chi connectivity index (χ2v) is 6.41. The summed E-state index contributed by atoms with van der Waals surface area (Å²) in [5.41, 5.74) is 4.44. The molecule has 6 heteroatoms. The van der Waals surface area contributed by atoms with E-state index in [4.69, 9.17) is 4.74 Å². The first-order valence-electron chi connectivity index (χ1n) is 7.28. The molecule has 0 aromatic heterocycles. The molecule has 0 amide bonds. The number of hydrogen-bond donors (Lipinski definition) is 2. The molecule has 0 bridgehead atoms. The molecule has 2 N–H and O–H groups in total. The molecule has 2 rings (SSSR count). The summed E-state index contributed by atoms with van der Waals surface area (Å²) in [5, 5.41) is 12.2. The maximum Gasteiger partial charge on any atom is 0.133 e. The summed E-state index contributed by atoms with van der Waals surface area (Å²) in [6.07, 6.45) is -0.530. The minimum Gasteiger partial charge on any atom is -0.490 e. The lowest BCUT2D eigenvalue weighted by atomic mass is 10.2. The fourth-order valence-electron chi connectivity index (χ4n) is 2.17. The third-order valence-corrected chi connectivity index (χ3v) is 4.19. The molecule has 1 aromatic rings. The maximum absolute atomic E-state index is 10.00. The molecule has 0 spiro atoms. The van der Waals surface area contributed by atoms with Crippen LogP contribution in [0, 0.1) is 6.92 Å². The van der Waals surface area contributed by atoms with Gasteiger partial charge in [-0.3, -0.25) is 5.43 Å².